The first kappa shape index (κ1) is 25.5. The third-order valence-electron chi connectivity index (χ3n) is 5.73. The molecule has 3 aromatic carbocycles. The van der Waals surface area contributed by atoms with Crippen molar-refractivity contribution in [1.82, 2.24) is 10.3 Å². The van der Waals surface area contributed by atoms with Gasteiger partial charge in [0, 0.05) is 15.3 Å². The van der Waals surface area contributed by atoms with E-state index in [1.807, 2.05) is 54.6 Å². The first-order valence-electron chi connectivity index (χ1n) is 11.5. The Hall–Kier alpha value is -2.61. The molecule has 8 heteroatoms. The molecule has 5 nitrogen and oxygen atoms in total. The molecule has 0 amide bonds. The standard InChI is InChI=1S/C27H27ClN2O3S2/c1-3-8-19(20-12-14-21(28)15-13-20)9-6-7-18-35(31)25-17-16-24(26-27(25)30-33-29-26)34-23-11-5-4-10-22(23)32-2/h4-5,7,10-19H,3,6,8-9H2,1-2H3/b18-7+. The quantitative estimate of drug-likeness (QED) is 0.197. The average Bonchev–Trinajstić information content (AvgIpc) is 3.37. The predicted octanol–water partition coefficient (Wildman–Crippen LogP) is 8.02. The van der Waals surface area contributed by atoms with E-state index >= 15 is 0 Å². The minimum atomic E-state index is -1.36. The Bertz CT molecular complexity index is 1320. The van der Waals surface area contributed by atoms with Crippen LogP contribution in [0.4, 0.5) is 0 Å². The van der Waals surface area contributed by atoms with Gasteiger partial charge in [-0.1, -0.05) is 67.0 Å². The van der Waals surface area contributed by atoms with Crippen LogP contribution in [0.5, 0.6) is 5.75 Å². The third kappa shape index (κ3) is 6.34. The molecule has 0 fully saturated rings. The number of para-hydroxylation sites is 1. The van der Waals surface area contributed by atoms with Crippen molar-refractivity contribution in [2.45, 2.75) is 53.2 Å². The van der Waals surface area contributed by atoms with Crippen LogP contribution in [0.3, 0.4) is 0 Å². The molecule has 1 heterocycles. The molecule has 0 aliphatic heterocycles. The molecular weight excluding hydrogens is 500 g/mol. The lowest BCUT2D eigenvalue weighted by atomic mass is 9.90. The van der Waals surface area contributed by atoms with Gasteiger partial charge >= 0.3 is 0 Å². The van der Waals surface area contributed by atoms with E-state index < -0.39 is 10.8 Å². The Kier molecular flexibility index (Phi) is 9.01. The van der Waals surface area contributed by atoms with E-state index in [1.165, 1.54) is 17.3 Å². The normalized spacial score (nSPS) is 13.3. The minimum absolute atomic E-state index is 0.452. The second-order valence-electron chi connectivity index (χ2n) is 8.06. The number of rotatable bonds is 11. The molecule has 182 valence electrons. The van der Waals surface area contributed by atoms with Crippen molar-refractivity contribution >= 4 is 45.2 Å². The predicted molar refractivity (Wildman–Crippen MR) is 143 cm³/mol. The van der Waals surface area contributed by atoms with E-state index in [9.17, 15) is 4.21 Å². The highest BCUT2D eigenvalue weighted by Crippen LogP contribution is 2.38. The number of fused-ring (bicyclic) bond motifs is 1. The molecule has 35 heavy (non-hydrogen) atoms. The van der Waals surface area contributed by atoms with Crippen molar-refractivity contribution in [3.05, 3.63) is 82.7 Å². The molecule has 0 bridgehead atoms. The average molecular weight is 527 g/mol. The van der Waals surface area contributed by atoms with Crippen LogP contribution in [0, 0.1) is 0 Å². The zero-order chi connectivity index (χ0) is 24.6. The van der Waals surface area contributed by atoms with E-state index in [0.717, 1.165) is 46.2 Å². The minimum Gasteiger partial charge on any atom is -0.496 e. The Morgan fingerprint density at radius 2 is 1.80 bits per heavy atom. The first-order chi connectivity index (χ1) is 17.1. The molecule has 0 spiro atoms. The summed E-state index contributed by atoms with van der Waals surface area (Å²) in [6.45, 7) is 2.20. The summed E-state index contributed by atoms with van der Waals surface area (Å²) in [5.41, 5.74) is 2.40. The van der Waals surface area contributed by atoms with E-state index in [2.05, 4.69) is 29.4 Å². The number of hydrogen-bond donors (Lipinski definition) is 0. The van der Waals surface area contributed by atoms with Crippen LogP contribution >= 0.6 is 23.4 Å². The van der Waals surface area contributed by atoms with Crippen molar-refractivity contribution < 1.29 is 13.6 Å². The van der Waals surface area contributed by atoms with E-state index in [4.69, 9.17) is 21.0 Å². The Morgan fingerprint density at radius 3 is 2.57 bits per heavy atom. The molecule has 2 atom stereocenters. The van der Waals surface area contributed by atoms with E-state index in [0.29, 0.717) is 21.8 Å². The van der Waals surface area contributed by atoms with Crippen LogP contribution in [-0.2, 0) is 10.8 Å². The number of halogens is 1. The second-order valence-corrected chi connectivity index (χ2v) is 10.9. The van der Waals surface area contributed by atoms with Gasteiger partial charge in [0.2, 0.25) is 0 Å². The summed E-state index contributed by atoms with van der Waals surface area (Å²) in [6.07, 6.45) is 6.03. The molecule has 2 unspecified atom stereocenters. The highest BCUT2D eigenvalue weighted by Gasteiger charge is 2.17. The Labute approximate surface area is 217 Å². The summed E-state index contributed by atoms with van der Waals surface area (Å²) < 4.78 is 23.5. The van der Waals surface area contributed by atoms with Crippen LogP contribution in [0.2, 0.25) is 5.02 Å². The van der Waals surface area contributed by atoms with Crippen molar-refractivity contribution in [3.8, 4) is 5.75 Å². The van der Waals surface area contributed by atoms with Crippen LogP contribution in [0.25, 0.3) is 11.0 Å². The number of benzene rings is 3. The van der Waals surface area contributed by atoms with Crippen LogP contribution < -0.4 is 4.74 Å². The highest BCUT2D eigenvalue weighted by atomic mass is 35.5. The largest absolute Gasteiger partial charge is 0.496 e. The molecule has 0 saturated heterocycles. The van der Waals surface area contributed by atoms with Crippen LogP contribution in [0.1, 0.15) is 44.1 Å². The van der Waals surface area contributed by atoms with Crippen molar-refractivity contribution in [2.75, 3.05) is 7.11 Å². The van der Waals surface area contributed by atoms with Crippen LogP contribution in [-0.4, -0.2) is 21.6 Å². The molecular formula is C27H27ClN2O3S2. The van der Waals surface area contributed by atoms with Gasteiger partial charge < -0.3 is 4.74 Å². The summed E-state index contributed by atoms with van der Waals surface area (Å²) >= 11 is 7.55. The van der Waals surface area contributed by atoms with Gasteiger partial charge in [-0.3, -0.25) is 0 Å². The lowest BCUT2D eigenvalue weighted by Crippen LogP contribution is -1.98. The van der Waals surface area contributed by atoms with Gasteiger partial charge in [0.15, 0.2) is 5.52 Å². The lowest BCUT2D eigenvalue weighted by Gasteiger charge is -2.15. The molecule has 0 radical (unpaired) electrons. The monoisotopic (exact) mass is 526 g/mol. The molecule has 0 aliphatic rings. The fourth-order valence-corrected chi connectivity index (χ4v) is 6.09. The number of allylic oxidation sites excluding steroid dienone is 1. The molecule has 1 aromatic heterocycles. The van der Waals surface area contributed by atoms with Gasteiger partial charge in [0.1, 0.15) is 11.3 Å². The van der Waals surface area contributed by atoms with Crippen molar-refractivity contribution in [3.63, 3.8) is 0 Å². The fourth-order valence-electron chi connectivity index (χ4n) is 3.97. The van der Waals surface area contributed by atoms with Gasteiger partial charge in [-0.2, -0.15) is 0 Å². The van der Waals surface area contributed by atoms with E-state index in [-0.39, 0.29) is 0 Å². The second kappa shape index (κ2) is 12.4. The Morgan fingerprint density at radius 1 is 1.03 bits per heavy atom. The van der Waals surface area contributed by atoms with Crippen molar-refractivity contribution in [1.29, 1.82) is 0 Å². The number of ether oxygens (including phenoxy) is 1. The van der Waals surface area contributed by atoms with Gasteiger partial charge in [-0.15, -0.1) is 0 Å². The van der Waals surface area contributed by atoms with Gasteiger partial charge in [0.25, 0.3) is 0 Å². The molecule has 0 N–H and O–H groups in total. The zero-order valence-corrected chi connectivity index (χ0v) is 22.0. The number of methoxy groups -OCH3 is 1. The third-order valence-corrected chi connectivity index (χ3v) is 8.29. The number of nitrogens with zero attached hydrogens (tertiary/aromatic N) is 2. The van der Waals surface area contributed by atoms with Crippen LogP contribution in [0.15, 0.2) is 91.5 Å². The maximum absolute atomic E-state index is 13.1. The van der Waals surface area contributed by atoms with E-state index in [1.54, 1.807) is 12.5 Å². The van der Waals surface area contributed by atoms with Gasteiger partial charge in [-0.25, -0.2) is 8.84 Å². The summed E-state index contributed by atoms with van der Waals surface area (Å²) in [6, 6.07) is 19.6. The maximum Gasteiger partial charge on any atom is 0.152 e. The molecule has 4 rings (SSSR count). The summed E-state index contributed by atoms with van der Waals surface area (Å²) in [5, 5.41) is 10.6. The van der Waals surface area contributed by atoms with Gasteiger partial charge in [0.05, 0.1) is 27.7 Å². The molecule has 0 aliphatic carbocycles. The summed E-state index contributed by atoms with van der Waals surface area (Å²) in [5.74, 6) is 1.23. The first-order valence-corrected chi connectivity index (χ1v) is 13.9. The fraction of sp³-hybridized carbons (Fsp3) is 0.259. The zero-order valence-electron chi connectivity index (χ0n) is 19.6. The maximum atomic E-state index is 13.1. The molecule has 4 aromatic rings. The van der Waals surface area contributed by atoms with Gasteiger partial charge in [-0.05, 0) is 77.5 Å². The Balaban J connectivity index is 1.46. The number of hydrogen-bond acceptors (Lipinski definition) is 6. The topological polar surface area (TPSA) is 65.2 Å². The summed E-state index contributed by atoms with van der Waals surface area (Å²) in [7, 11) is 0.286. The number of aromatic nitrogens is 2. The molecule has 0 saturated carbocycles. The summed E-state index contributed by atoms with van der Waals surface area (Å²) in [4.78, 5) is 2.40. The van der Waals surface area contributed by atoms with Crippen molar-refractivity contribution in [2.24, 2.45) is 0 Å². The highest BCUT2D eigenvalue weighted by molar-refractivity contribution is 7.99. The SMILES string of the molecule is CCCC(CC/C=C/S(=O)c1ccc(Sc2ccccc2OC)c2nonc12)c1ccc(Cl)cc1. The smallest absolute Gasteiger partial charge is 0.152 e. The lowest BCUT2D eigenvalue weighted by molar-refractivity contribution is 0.314.